The fourth-order valence-corrected chi connectivity index (χ4v) is 2.82. The number of carbonyl (C=O) groups is 1. The second-order valence-corrected chi connectivity index (χ2v) is 7.45. The van der Waals surface area contributed by atoms with Crippen molar-refractivity contribution in [3.8, 4) is 0 Å². The number of carbonyl (C=O) groups excluding carboxylic acids is 1. The van der Waals surface area contributed by atoms with E-state index in [1.807, 2.05) is 13.8 Å². The summed E-state index contributed by atoms with van der Waals surface area (Å²) in [5.41, 5.74) is 0.328. The Morgan fingerprint density at radius 2 is 2.21 bits per heavy atom. The minimum Gasteiger partial charge on any atom is -0.348 e. The SMILES string of the molecule is CCn1cc(S(=O)(=O)Cl)cc1C(=O)NC(C)C1CC1. The van der Waals surface area contributed by atoms with Crippen LogP contribution in [0.2, 0.25) is 0 Å². The summed E-state index contributed by atoms with van der Waals surface area (Å²) in [6, 6.07) is 1.43. The van der Waals surface area contributed by atoms with Gasteiger partial charge in [-0.05, 0) is 38.7 Å². The number of rotatable bonds is 5. The molecule has 1 aliphatic rings. The van der Waals surface area contributed by atoms with Crippen LogP contribution in [0.1, 0.15) is 37.2 Å². The molecule has 1 unspecified atom stereocenters. The second-order valence-electron chi connectivity index (χ2n) is 4.88. The van der Waals surface area contributed by atoms with Gasteiger partial charge in [0.15, 0.2) is 0 Å². The first-order valence-electron chi connectivity index (χ1n) is 6.28. The van der Waals surface area contributed by atoms with Crippen LogP contribution < -0.4 is 5.32 Å². The standard InChI is InChI=1S/C12H17ClN2O3S/c1-3-15-7-10(19(13,17)18)6-11(15)12(16)14-8(2)9-4-5-9/h6-9H,3-5H2,1-2H3,(H,14,16). The highest BCUT2D eigenvalue weighted by atomic mass is 35.7. The summed E-state index contributed by atoms with van der Waals surface area (Å²) in [7, 11) is 1.49. The number of amides is 1. The minimum absolute atomic E-state index is 0.0414. The average Bonchev–Trinajstić information content (AvgIpc) is 3.06. The number of hydrogen-bond acceptors (Lipinski definition) is 3. The lowest BCUT2D eigenvalue weighted by atomic mass is 10.2. The molecule has 1 saturated carbocycles. The zero-order valence-corrected chi connectivity index (χ0v) is 12.5. The van der Waals surface area contributed by atoms with Crippen LogP contribution in [0.5, 0.6) is 0 Å². The highest BCUT2D eigenvalue weighted by Crippen LogP contribution is 2.32. The molecule has 0 bridgehead atoms. The van der Waals surface area contributed by atoms with Gasteiger partial charge in [-0.3, -0.25) is 4.79 Å². The topological polar surface area (TPSA) is 68.2 Å². The molecule has 1 fully saturated rings. The van der Waals surface area contributed by atoms with E-state index in [1.165, 1.54) is 12.3 Å². The quantitative estimate of drug-likeness (QED) is 0.846. The molecule has 0 saturated heterocycles. The van der Waals surface area contributed by atoms with Crippen molar-refractivity contribution in [2.45, 2.75) is 44.2 Å². The molecule has 1 aliphatic carbocycles. The zero-order valence-electron chi connectivity index (χ0n) is 10.9. The van der Waals surface area contributed by atoms with Gasteiger partial charge in [0.1, 0.15) is 10.6 Å². The van der Waals surface area contributed by atoms with Crippen LogP contribution >= 0.6 is 10.7 Å². The van der Waals surface area contributed by atoms with Gasteiger partial charge in [-0.15, -0.1) is 0 Å². The van der Waals surface area contributed by atoms with Crippen molar-refractivity contribution in [3.63, 3.8) is 0 Å². The Bertz CT molecular complexity index is 590. The van der Waals surface area contributed by atoms with Gasteiger partial charge in [-0.1, -0.05) is 0 Å². The molecular formula is C12H17ClN2O3S. The van der Waals surface area contributed by atoms with Gasteiger partial charge in [0, 0.05) is 29.5 Å². The van der Waals surface area contributed by atoms with Crippen LogP contribution in [0.25, 0.3) is 0 Å². The van der Waals surface area contributed by atoms with Crippen molar-refractivity contribution < 1.29 is 13.2 Å². The third-order valence-electron chi connectivity index (χ3n) is 3.41. The number of halogens is 1. The van der Waals surface area contributed by atoms with Gasteiger partial charge in [0.2, 0.25) is 0 Å². The Morgan fingerprint density at radius 3 is 2.68 bits per heavy atom. The molecule has 7 heteroatoms. The maximum atomic E-state index is 12.1. The highest BCUT2D eigenvalue weighted by molar-refractivity contribution is 8.13. The maximum absolute atomic E-state index is 12.1. The van der Waals surface area contributed by atoms with Crippen molar-refractivity contribution >= 4 is 25.6 Å². The normalized spacial score (nSPS) is 17.2. The smallest absolute Gasteiger partial charge is 0.268 e. The molecule has 5 nitrogen and oxygen atoms in total. The van der Waals surface area contributed by atoms with Crippen molar-refractivity contribution in [2.75, 3.05) is 0 Å². The molecular weight excluding hydrogens is 288 g/mol. The predicted molar refractivity (Wildman–Crippen MR) is 72.8 cm³/mol. The largest absolute Gasteiger partial charge is 0.348 e. The van der Waals surface area contributed by atoms with Crippen molar-refractivity contribution in [3.05, 3.63) is 18.0 Å². The molecule has 19 heavy (non-hydrogen) atoms. The fourth-order valence-electron chi connectivity index (χ4n) is 2.06. The second kappa shape index (κ2) is 5.17. The molecule has 1 amide bonds. The number of aromatic nitrogens is 1. The van der Waals surface area contributed by atoms with Crippen molar-refractivity contribution in [2.24, 2.45) is 5.92 Å². The van der Waals surface area contributed by atoms with Crippen LogP contribution in [-0.4, -0.2) is 24.9 Å². The van der Waals surface area contributed by atoms with Gasteiger partial charge in [0.25, 0.3) is 15.0 Å². The average molecular weight is 305 g/mol. The van der Waals surface area contributed by atoms with Crippen molar-refractivity contribution in [1.29, 1.82) is 0 Å². The van der Waals surface area contributed by atoms with E-state index in [0.717, 1.165) is 12.8 Å². The molecule has 1 aromatic rings. The number of hydrogen-bond donors (Lipinski definition) is 1. The number of nitrogens with one attached hydrogen (secondary N) is 1. The lowest BCUT2D eigenvalue weighted by Gasteiger charge is -2.13. The first-order valence-corrected chi connectivity index (χ1v) is 8.59. The summed E-state index contributed by atoms with van der Waals surface area (Å²) in [5.74, 6) is 0.290. The molecule has 1 aromatic heterocycles. The predicted octanol–water partition coefficient (Wildman–Crippen LogP) is 1.96. The van der Waals surface area contributed by atoms with Gasteiger partial charge in [0.05, 0.1) is 0 Å². The first kappa shape index (κ1) is 14.4. The summed E-state index contributed by atoms with van der Waals surface area (Å²) in [6.45, 7) is 4.31. The van der Waals surface area contributed by atoms with E-state index >= 15 is 0 Å². The molecule has 106 valence electrons. The monoisotopic (exact) mass is 304 g/mol. The summed E-state index contributed by atoms with van der Waals surface area (Å²) < 4.78 is 24.2. The lowest BCUT2D eigenvalue weighted by molar-refractivity contribution is 0.0926. The van der Waals surface area contributed by atoms with E-state index in [9.17, 15) is 13.2 Å². The molecule has 0 aromatic carbocycles. The molecule has 2 rings (SSSR count). The van der Waals surface area contributed by atoms with E-state index in [2.05, 4.69) is 5.32 Å². The Labute approximate surface area is 117 Å². The third-order valence-corrected chi connectivity index (χ3v) is 4.74. The van der Waals surface area contributed by atoms with Gasteiger partial charge < -0.3 is 9.88 Å². The van der Waals surface area contributed by atoms with Crippen LogP contribution in [0.15, 0.2) is 17.2 Å². The van der Waals surface area contributed by atoms with Gasteiger partial charge >= 0.3 is 0 Å². The molecule has 1 atom stereocenters. The molecule has 1 heterocycles. The van der Waals surface area contributed by atoms with Gasteiger partial charge in [-0.25, -0.2) is 8.42 Å². The van der Waals surface area contributed by atoms with E-state index < -0.39 is 9.05 Å². The van der Waals surface area contributed by atoms with Crippen LogP contribution in [0.4, 0.5) is 0 Å². The Kier molecular flexibility index (Phi) is 3.92. The zero-order chi connectivity index (χ0) is 14.2. The van der Waals surface area contributed by atoms with E-state index in [4.69, 9.17) is 10.7 Å². The van der Waals surface area contributed by atoms with Crippen LogP contribution in [0.3, 0.4) is 0 Å². The number of aryl methyl sites for hydroxylation is 1. The molecule has 0 aliphatic heterocycles. The van der Waals surface area contributed by atoms with Crippen molar-refractivity contribution in [1.82, 2.24) is 9.88 Å². The fraction of sp³-hybridized carbons (Fsp3) is 0.583. The summed E-state index contributed by atoms with van der Waals surface area (Å²) in [6.07, 6.45) is 3.66. The third kappa shape index (κ3) is 3.30. The molecule has 1 N–H and O–H groups in total. The Morgan fingerprint density at radius 1 is 1.58 bits per heavy atom. The summed E-state index contributed by atoms with van der Waals surface area (Å²) in [5, 5.41) is 2.90. The summed E-state index contributed by atoms with van der Waals surface area (Å²) >= 11 is 0. The Hall–Kier alpha value is -1.01. The number of nitrogens with zero attached hydrogens (tertiary/aromatic N) is 1. The molecule has 0 spiro atoms. The van der Waals surface area contributed by atoms with Gasteiger partial charge in [-0.2, -0.15) is 0 Å². The first-order chi connectivity index (χ1) is 8.82. The van der Waals surface area contributed by atoms with Crippen LogP contribution in [0, 0.1) is 5.92 Å². The molecule has 0 radical (unpaired) electrons. The summed E-state index contributed by atoms with van der Waals surface area (Å²) in [4.78, 5) is 12.1. The lowest BCUT2D eigenvalue weighted by Crippen LogP contribution is -2.35. The van der Waals surface area contributed by atoms with E-state index in [0.29, 0.717) is 18.2 Å². The highest BCUT2D eigenvalue weighted by Gasteiger charge is 2.30. The van der Waals surface area contributed by atoms with Crippen LogP contribution in [-0.2, 0) is 15.6 Å². The Balaban J connectivity index is 2.22. The minimum atomic E-state index is -3.81. The van der Waals surface area contributed by atoms with E-state index in [-0.39, 0.29) is 16.8 Å². The maximum Gasteiger partial charge on any atom is 0.268 e. The van der Waals surface area contributed by atoms with E-state index in [1.54, 1.807) is 4.57 Å².